The molecular weight excluding hydrogens is 342 g/mol. The fourth-order valence-electron chi connectivity index (χ4n) is 2.84. The lowest BCUT2D eigenvalue weighted by atomic mass is 10.1. The highest BCUT2D eigenvalue weighted by atomic mass is 16.4. The van der Waals surface area contributed by atoms with Crippen LogP contribution >= 0.6 is 0 Å². The first-order chi connectivity index (χ1) is 13.0. The van der Waals surface area contributed by atoms with Crippen LogP contribution in [0, 0.1) is 13.8 Å². The van der Waals surface area contributed by atoms with Gasteiger partial charge in [0.1, 0.15) is 0 Å². The third kappa shape index (κ3) is 4.12. The molecule has 0 saturated heterocycles. The molecule has 6 nitrogen and oxygen atoms in total. The minimum Gasteiger partial charge on any atom is -0.478 e. The number of carboxylic acids is 1. The van der Waals surface area contributed by atoms with E-state index in [1.807, 2.05) is 38.1 Å². The summed E-state index contributed by atoms with van der Waals surface area (Å²) in [6.07, 6.45) is 1.41. The molecule has 27 heavy (non-hydrogen) atoms. The average Bonchev–Trinajstić information content (AvgIpc) is 3.00. The lowest BCUT2D eigenvalue weighted by molar-refractivity contribution is 0.0696. The van der Waals surface area contributed by atoms with Gasteiger partial charge in [-0.15, -0.1) is 0 Å². The van der Waals surface area contributed by atoms with Gasteiger partial charge in [-0.2, -0.15) is 5.10 Å². The first kappa shape index (κ1) is 18.1. The van der Waals surface area contributed by atoms with Gasteiger partial charge in [-0.3, -0.25) is 4.79 Å². The van der Waals surface area contributed by atoms with Crippen molar-refractivity contribution in [1.29, 1.82) is 0 Å². The molecule has 0 saturated carbocycles. The van der Waals surface area contributed by atoms with Crippen molar-refractivity contribution in [1.82, 2.24) is 9.99 Å². The zero-order chi connectivity index (χ0) is 19.4. The molecule has 0 aliphatic heterocycles. The van der Waals surface area contributed by atoms with Gasteiger partial charge in [0.25, 0.3) is 5.91 Å². The van der Waals surface area contributed by atoms with Crippen molar-refractivity contribution in [2.24, 2.45) is 5.10 Å². The highest BCUT2D eigenvalue weighted by molar-refractivity contribution is 5.95. The second-order valence-corrected chi connectivity index (χ2v) is 6.13. The van der Waals surface area contributed by atoms with Gasteiger partial charge < -0.3 is 9.67 Å². The van der Waals surface area contributed by atoms with E-state index in [4.69, 9.17) is 5.11 Å². The Morgan fingerprint density at radius 2 is 1.63 bits per heavy atom. The van der Waals surface area contributed by atoms with E-state index in [1.54, 1.807) is 24.3 Å². The number of aromatic nitrogens is 1. The Kier molecular flexibility index (Phi) is 5.17. The van der Waals surface area contributed by atoms with Crippen LogP contribution in [0.3, 0.4) is 0 Å². The molecule has 6 heteroatoms. The van der Waals surface area contributed by atoms with Crippen LogP contribution in [0.1, 0.15) is 37.7 Å². The quantitative estimate of drug-likeness (QED) is 0.538. The van der Waals surface area contributed by atoms with Crippen LogP contribution in [0.15, 0.2) is 65.8 Å². The predicted molar refractivity (Wildman–Crippen MR) is 104 cm³/mol. The number of nitrogens with zero attached hydrogens (tertiary/aromatic N) is 2. The molecule has 0 atom stereocenters. The number of hydrogen-bond acceptors (Lipinski definition) is 3. The van der Waals surface area contributed by atoms with Crippen molar-refractivity contribution in [3.63, 3.8) is 0 Å². The second kappa shape index (κ2) is 7.70. The number of benzene rings is 2. The van der Waals surface area contributed by atoms with Crippen LogP contribution in [0.2, 0.25) is 0 Å². The molecule has 0 aliphatic rings. The van der Waals surface area contributed by atoms with E-state index in [2.05, 4.69) is 15.1 Å². The summed E-state index contributed by atoms with van der Waals surface area (Å²) in [5, 5.41) is 12.9. The van der Waals surface area contributed by atoms with Gasteiger partial charge in [0.2, 0.25) is 0 Å². The lowest BCUT2D eigenvalue weighted by Gasteiger charge is -2.10. The molecule has 136 valence electrons. The fourth-order valence-corrected chi connectivity index (χ4v) is 2.84. The number of nitrogens with one attached hydrogen (secondary N) is 1. The number of amides is 1. The van der Waals surface area contributed by atoms with Crippen molar-refractivity contribution < 1.29 is 14.7 Å². The van der Waals surface area contributed by atoms with E-state index in [0.29, 0.717) is 11.1 Å². The number of hydrazone groups is 1. The van der Waals surface area contributed by atoms with Crippen molar-refractivity contribution in [3.05, 3.63) is 88.7 Å². The van der Waals surface area contributed by atoms with Gasteiger partial charge >= 0.3 is 5.97 Å². The summed E-state index contributed by atoms with van der Waals surface area (Å²) >= 11 is 0. The monoisotopic (exact) mass is 361 g/mol. The molecule has 2 N–H and O–H groups in total. The Morgan fingerprint density at radius 3 is 2.33 bits per heavy atom. The van der Waals surface area contributed by atoms with Gasteiger partial charge in [-0.1, -0.05) is 18.2 Å². The van der Waals surface area contributed by atoms with E-state index >= 15 is 0 Å². The molecule has 1 heterocycles. The Labute approximate surface area is 156 Å². The zero-order valence-corrected chi connectivity index (χ0v) is 15.0. The highest BCUT2D eigenvalue weighted by Gasteiger charge is 2.09. The second-order valence-electron chi connectivity index (χ2n) is 6.13. The van der Waals surface area contributed by atoms with Gasteiger partial charge in [0, 0.05) is 22.6 Å². The molecule has 0 bridgehead atoms. The molecule has 1 aromatic heterocycles. The number of aryl methyl sites for hydroxylation is 2. The SMILES string of the molecule is Cc1ccc(C)n1-c1cccc(C(=O)N/N=C/c2cccc(C(=O)O)c2)c1. The van der Waals surface area contributed by atoms with Crippen molar-refractivity contribution in [2.75, 3.05) is 0 Å². The summed E-state index contributed by atoms with van der Waals surface area (Å²) in [5.74, 6) is -1.35. The summed E-state index contributed by atoms with van der Waals surface area (Å²) in [5.41, 5.74) is 6.78. The molecule has 3 rings (SSSR count). The Balaban J connectivity index is 1.74. The standard InChI is InChI=1S/C21H19N3O3/c1-14-9-10-15(2)24(14)19-8-4-6-17(12-19)20(25)23-22-13-16-5-3-7-18(11-16)21(26)27/h3-13H,1-2H3,(H,23,25)(H,26,27)/b22-13+. The minimum atomic E-state index is -1.01. The summed E-state index contributed by atoms with van der Waals surface area (Å²) in [7, 11) is 0. The van der Waals surface area contributed by atoms with Crippen LogP contribution in [-0.4, -0.2) is 27.8 Å². The predicted octanol–water partition coefficient (Wildman–Crippen LogP) is 3.56. The maximum Gasteiger partial charge on any atom is 0.335 e. The molecule has 0 fully saturated rings. The number of carbonyl (C=O) groups is 2. The number of carboxylic acid groups (broad SMARTS) is 1. The lowest BCUT2D eigenvalue weighted by Crippen LogP contribution is -2.18. The fraction of sp³-hybridized carbons (Fsp3) is 0.0952. The highest BCUT2D eigenvalue weighted by Crippen LogP contribution is 2.17. The summed E-state index contributed by atoms with van der Waals surface area (Å²) in [4.78, 5) is 23.4. The number of aromatic carboxylic acids is 1. The van der Waals surface area contributed by atoms with E-state index in [-0.39, 0.29) is 11.5 Å². The first-order valence-corrected chi connectivity index (χ1v) is 8.38. The van der Waals surface area contributed by atoms with Crippen LogP contribution in [-0.2, 0) is 0 Å². The molecule has 1 amide bonds. The van der Waals surface area contributed by atoms with Gasteiger partial charge in [0.05, 0.1) is 11.8 Å². The van der Waals surface area contributed by atoms with E-state index < -0.39 is 5.97 Å². The largest absolute Gasteiger partial charge is 0.478 e. The van der Waals surface area contributed by atoms with E-state index in [0.717, 1.165) is 17.1 Å². The Bertz CT molecular complexity index is 1020. The number of hydrogen-bond donors (Lipinski definition) is 2. The normalized spacial score (nSPS) is 10.9. The number of rotatable bonds is 5. The van der Waals surface area contributed by atoms with Gasteiger partial charge in [-0.05, 0) is 61.9 Å². The molecular formula is C21H19N3O3. The minimum absolute atomic E-state index is 0.162. The Hall–Kier alpha value is -3.67. The molecule has 0 spiro atoms. The summed E-state index contributed by atoms with van der Waals surface area (Å²) in [6.45, 7) is 4.02. The molecule has 2 aromatic carbocycles. The molecule has 0 aliphatic carbocycles. The van der Waals surface area contributed by atoms with Crippen LogP contribution in [0.4, 0.5) is 0 Å². The molecule has 3 aromatic rings. The zero-order valence-electron chi connectivity index (χ0n) is 15.0. The molecule has 0 unspecified atom stereocenters. The average molecular weight is 361 g/mol. The van der Waals surface area contributed by atoms with E-state index in [9.17, 15) is 9.59 Å². The third-order valence-corrected chi connectivity index (χ3v) is 4.15. The van der Waals surface area contributed by atoms with Crippen molar-refractivity contribution in [2.45, 2.75) is 13.8 Å². The molecule has 0 radical (unpaired) electrons. The topological polar surface area (TPSA) is 83.7 Å². The maximum atomic E-state index is 12.4. The van der Waals surface area contributed by atoms with Gasteiger partial charge in [-0.25, -0.2) is 10.2 Å². The van der Waals surface area contributed by atoms with Crippen LogP contribution in [0.5, 0.6) is 0 Å². The van der Waals surface area contributed by atoms with Crippen molar-refractivity contribution >= 4 is 18.1 Å². The Morgan fingerprint density at radius 1 is 0.963 bits per heavy atom. The first-order valence-electron chi connectivity index (χ1n) is 8.38. The summed E-state index contributed by atoms with van der Waals surface area (Å²) in [6, 6.07) is 17.6. The number of carbonyl (C=O) groups excluding carboxylic acids is 1. The smallest absolute Gasteiger partial charge is 0.335 e. The van der Waals surface area contributed by atoms with E-state index in [1.165, 1.54) is 18.3 Å². The van der Waals surface area contributed by atoms with Crippen LogP contribution < -0.4 is 5.43 Å². The van der Waals surface area contributed by atoms with Crippen LogP contribution in [0.25, 0.3) is 5.69 Å². The third-order valence-electron chi connectivity index (χ3n) is 4.15. The van der Waals surface area contributed by atoms with Gasteiger partial charge in [0.15, 0.2) is 0 Å². The van der Waals surface area contributed by atoms with Crippen molar-refractivity contribution in [3.8, 4) is 5.69 Å². The summed E-state index contributed by atoms with van der Waals surface area (Å²) < 4.78 is 2.07. The maximum absolute atomic E-state index is 12.4.